The number of rotatable bonds is 5. The van der Waals surface area contributed by atoms with Crippen molar-refractivity contribution < 1.29 is 0 Å². The molecule has 0 saturated carbocycles. The van der Waals surface area contributed by atoms with Crippen LogP contribution in [-0.4, -0.2) is 40.4 Å². The third-order valence-electron chi connectivity index (χ3n) is 3.65. The smallest absolute Gasteiger partial charge is 0.186 e. The Hall–Kier alpha value is -1.17. The summed E-state index contributed by atoms with van der Waals surface area (Å²) in [6.07, 6.45) is 4.26. The topological polar surface area (TPSA) is 44.9 Å². The lowest BCUT2D eigenvalue weighted by Crippen LogP contribution is -2.34. The summed E-state index contributed by atoms with van der Waals surface area (Å²) in [4.78, 5) is 2.42. The van der Waals surface area contributed by atoms with Gasteiger partial charge < -0.3 is 5.73 Å². The summed E-state index contributed by atoms with van der Waals surface area (Å²) >= 11 is 10.9. The number of thiocarbonyl (C=S) groups is 1. The largest absolute Gasteiger partial charge is 0.375 e. The standard InChI is InChI=1S/C15H21ClN4S/c1-2-20(15(17)21)18-10-14-4-3-9-19(14)11-12-5-7-13(16)8-6-12/h5-8,10,14H,2-4,9,11H2,1H3,(H2,17,21)/t14-/m0/s1. The maximum atomic E-state index is 5.92. The van der Waals surface area contributed by atoms with E-state index in [0.717, 1.165) is 24.5 Å². The van der Waals surface area contributed by atoms with Gasteiger partial charge in [0.2, 0.25) is 0 Å². The monoisotopic (exact) mass is 324 g/mol. The van der Waals surface area contributed by atoms with Crippen molar-refractivity contribution in [3.8, 4) is 0 Å². The molecular formula is C15H21ClN4S. The van der Waals surface area contributed by atoms with E-state index in [9.17, 15) is 0 Å². The zero-order valence-corrected chi connectivity index (χ0v) is 13.8. The van der Waals surface area contributed by atoms with Crippen LogP contribution in [0.3, 0.4) is 0 Å². The van der Waals surface area contributed by atoms with E-state index in [0.29, 0.717) is 17.7 Å². The maximum Gasteiger partial charge on any atom is 0.186 e. The molecule has 0 aromatic heterocycles. The molecule has 0 unspecified atom stereocenters. The molecule has 1 heterocycles. The van der Waals surface area contributed by atoms with E-state index in [1.165, 1.54) is 12.0 Å². The van der Waals surface area contributed by atoms with Crippen LogP contribution in [0.4, 0.5) is 0 Å². The second-order valence-corrected chi connectivity index (χ2v) is 5.98. The molecule has 1 fully saturated rings. The summed E-state index contributed by atoms with van der Waals surface area (Å²) in [6.45, 7) is 4.66. The van der Waals surface area contributed by atoms with Crippen molar-refractivity contribution in [2.24, 2.45) is 10.8 Å². The van der Waals surface area contributed by atoms with Crippen LogP contribution < -0.4 is 5.73 Å². The molecule has 1 aliphatic heterocycles. The molecule has 1 aliphatic rings. The summed E-state index contributed by atoms with van der Waals surface area (Å²) in [6, 6.07) is 8.34. The highest BCUT2D eigenvalue weighted by Crippen LogP contribution is 2.20. The van der Waals surface area contributed by atoms with Gasteiger partial charge in [-0.2, -0.15) is 5.10 Å². The molecule has 1 aromatic carbocycles. The van der Waals surface area contributed by atoms with E-state index < -0.39 is 0 Å². The molecule has 1 aromatic rings. The minimum Gasteiger partial charge on any atom is -0.375 e. The molecule has 0 spiro atoms. The van der Waals surface area contributed by atoms with Crippen LogP contribution in [0.15, 0.2) is 29.4 Å². The van der Waals surface area contributed by atoms with Crippen LogP contribution in [0.2, 0.25) is 5.02 Å². The predicted octanol–water partition coefficient (Wildman–Crippen LogP) is 2.86. The molecule has 0 aliphatic carbocycles. The maximum absolute atomic E-state index is 5.92. The number of halogens is 1. The van der Waals surface area contributed by atoms with E-state index in [1.54, 1.807) is 5.01 Å². The van der Waals surface area contributed by atoms with E-state index in [4.69, 9.17) is 29.6 Å². The minimum atomic E-state index is 0.316. The first kappa shape index (κ1) is 16.2. The molecule has 0 bridgehead atoms. The van der Waals surface area contributed by atoms with E-state index in [-0.39, 0.29) is 0 Å². The molecule has 2 N–H and O–H groups in total. The average molecular weight is 325 g/mol. The number of nitrogens with zero attached hydrogens (tertiary/aromatic N) is 3. The quantitative estimate of drug-likeness (QED) is 0.514. The zero-order valence-electron chi connectivity index (χ0n) is 12.2. The fourth-order valence-corrected chi connectivity index (χ4v) is 2.80. The molecule has 1 saturated heterocycles. The van der Waals surface area contributed by atoms with Gasteiger partial charge >= 0.3 is 0 Å². The summed E-state index contributed by atoms with van der Waals surface area (Å²) in [5.74, 6) is 0. The zero-order chi connectivity index (χ0) is 15.2. The van der Waals surface area contributed by atoms with Crippen molar-refractivity contribution >= 4 is 35.1 Å². The number of benzene rings is 1. The molecule has 6 heteroatoms. The van der Waals surface area contributed by atoms with Gasteiger partial charge in [-0.25, -0.2) is 5.01 Å². The Morgan fingerprint density at radius 1 is 1.52 bits per heavy atom. The molecule has 0 radical (unpaired) electrons. The number of nitrogens with two attached hydrogens (primary N) is 1. The Kier molecular flexibility index (Phi) is 5.96. The van der Waals surface area contributed by atoms with E-state index >= 15 is 0 Å². The summed E-state index contributed by atoms with van der Waals surface area (Å²) < 4.78 is 0. The third-order valence-corrected chi connectivity index (χ3v) is 4.11. The Labute approximate surface area is 136 Å². The number of hydrogen-bond donors (Lipinski definition) is 1. The third kappa shape index (κ3) is 4.66. The normalized spacial score (nSPS) is 19.2. The molecule has 21 heavy (non-hydrogen) atoms. The van der Waals surface area contributed by atoms with Crippen molar-refractivity contribution in [1.82, 2.24) is 9.91 Å². The van der Waals surface area contributed by atoms with E-state index in [1.807, 2.05) is 25.3 Å². The summed E-state index contributed by atoms with van der Waals surface area (Å²) in [5, 5.41) is 7.14. The highest BCUT2D eigenvalue weighted by molar-refractivity contribution is 7.80. The number of likely N-dealkylation sites (tertiary alicyclic amines) is 1. The van der Waals surface area contributed by atoms with Crippen LogP contribution in [0.5, 0.6) is 0 Å². The second kappa shape index (κ2) is 7.73. The average Bonchev–Trinajstić information content (AvgIpc) is 2.89. The van der Waals surface area contributed by atoms with Crippen molar-refractivity contribution in [3.05, 3.63) is 34.9 Å². The lowest BCUT2D eigenvalue weighted by atomic mass is 10.2. The van der Waals surface area contributed by atoms with Crippen LogP contribution >= 0.6 is 23.8 Å². The van der Waals surface area contributed by atoms with Crippen LogP contribution in [0.25, 0.3) is 0 Å². The SMILES string of the molecule is CCN(N=C[C@@H]1CCCN1Cc1ccc(Cl)cc1)C(N)=S. The second-order valence-electron chi connectivity index (χ2n) is 5.13. The van der Waals surface area contributed by atoms with Crippen molar-refractivity contribution in [1.29, 1.82) is 0 Å². The molecule has 114 valence electrons. The molecule has 1 atom stereocenters. The highest BCUT2D eigenvalue weighted by atomic mass is 35.5. The fourth-order valence-electron chi connectivity index (χ4n) is 2.49. The van der Waals surface area contributed by atoms with Gasteiger partial charge in [-0.1, -0.05) is 23.7 Å². The van der Waals surface area contributed by atoms with Gasteiger partial charge in [-0.3, -0.25) is 4.90 Å². The van der Waals surface area contributed by atoms with Crippen LogP contribution in [0, 0.1) is 0 Å². The first-order valence-corrected chi connectivity index (χ1v) is 7.98. The van der Waals surface area contributed by atoms with Gasteiger partial charge in [0.15, 0.2) is 5.11 Å². The minimum absolute atomic E-state index is 0.316. The lowest BCUT2D eigenvalue weighted by molar-refractivity contribution is 0.295. The first-order chi connectivity index (χ1) is 10.1. The number of hydrogen-bond acceptors (Lipinski definition) is 3. The van der Waals surface area contributed by atoms with Gasteiger partial charge in [0.25, 0.3) is 0 Å². The molecule has 2 rings (SSSR count). The Morgan fingerprint density at radius 3 is 2.86 bits per heavy atom. The van der Waals surface area contributed by atoms with Gasteiger partial charge in [0.05, 0.1) is 0 Å². The van der Waals surface area contributed by atoms with E-state index in [2.05, 4.69) is 22.1 Å². The molecular weight excluding hydrogens is 304 g/mol. The molecule has 4 nitrogen and oxygen atoms in total. The van der Waals surface area contributed by atoms with Crippen LogP contribution in [-0.2, 0) is 6.54 Å². The lowest BCUT2D eigenvalue weighted by Gasteiger charge is -2.22. The number of hydrazone groups is 1. The Bertz CT molecular complexity index is 503. The van der Waals surface area contributed by atoms with Gasteiger partial charge in [0.1, 0.15) is 0 Å². The predicted molar refractivity (Wildman–Crippen MR) is 92.5 cm³/mol. The Balaban J connectivity index is 1.98. The van der Waals surface area contributed by atoms with Gasteiger partial charge in [-0.05, 0) is 56.2 Å². The molecule has 0 amide bonds. The van der Waals surface area contributed by atoms with Crippen molar-refractivity contribution in [3.63, 3.8) is 0 Å². The van der Waals surface area contributed by atoms with Crippen LogP contribution in [0.1, 0.15) is 25.3 Å². The van der Waals surface area contributed by atoms with Crippen molar-refractivity contribution in [2.45, 2.75) is 32.4 Å². The fraction of sp³-hybridized carbons (Fsp3) is 0.467. The van der Waals surface area contributed by atoms with Crippen molar-refractivity contribution in [2.75, 3.05) is 13.1 Å². The first-order valence-electron chi connectivity index (χ1n) is 7.19. The Morgan fingerprint density at radius 2 is 2.24 bits per heavy atom. The summed E-state index contributed by atoms with van der Waals surface area (Å²) in [7, 11) is 0. The summed E-state index contributed by atoms with van der Waals surface area (Å²) in [5.41, 5.74) is 6.89. The van der Waals surface area contributed by atoms with Gasteiger partial charge in [0, 0.05) is 30.4 Å². The van der Waals surface area contributed by atoms with Gasteiger partial charge in [-0.15, -0.1) is 0 Å². The highest BCUT2D eigenvalue weighted by Gasteiger charge is 2.23.